The minimum absolute atomic E-state index is 0.130. The normalized spacial score (nSPS) is 15.0. The number of carbonyl (C=O) groups is 1. The fraction of sp³-hybridized carbons (Fsp3) is 0.344. The lowest BCUT2D eigenvalue weighted by atomic mass is 9.87. The molecule has 38 heavy (non-hydrogen) atoms. The summed E-state index contributed by atoms with van der Waals surface area (Å²) >= 11 is 0. The topological polar surface area (TPSA) is 57.8 Å². The zero-order valence-electron chi connectivity index (χ0n) is 22.6. The highest BCUT2D eigenvalue weighted by molar-refractivity contribution is 5.88. The molecule has 5 rings (SSSR count). The molecule has 0 saturated carbocycles. The van der Waals surface area contributed by atoms with Crippen LogP contribution in [0, 0.1) is 0 Å². The van der Waals surface area contributed by atoms with E-state index < -0.39 is 0 Å². The number of ether oxygens (including phenoxy) is 2. The Hall–Kier alpha value is -3.77. The smallest absolute Gasteiger partial charge is 0.223 e. The van der Waals surface area contributed by atoms with Crippen LogP contribution in [-0.4, -0.2) is 61.1 Å². The molecule has 4 aromatic rings. The Labute approximate surface area is 225 Å². The van der Waals surface area contributed by atoms with E-state index in [1.807, 2.05) is 29.2 Å². The first kappa shape index (κ1) is 25.9. The molecular formula is C32H37N3O3. The molecule has 1 N–H and O–H groups in total. The van der Waals surface area contributed by atoms with E-state index in [-0.39, 0.29) is 11.8 Å². The number of piperazine rings is 1. The Balaban J connectivity index is 1.40. The summed E-state index contributed by atoms with van der Waals surface area (Å²) in [5.74, 6) is 1.49. The number of aromatic amines is 1. The van der Waals surface area contributed by atoms with Gasteiger partial charge in [-0.25, -0.2) is 0 Å². The van der Waals surface area contributed by atoms with Crippen LogP contribution in [0.5, 0.6) is 11.5 Å². The minimum Gasteiger partial charge on any atom is -0.497 e. The molecular weight excluding hydrogens is 474 g/mol. The van der Waals surface area contributed by atoms with Crippen molar-refractivity contribution in [1.29, 1.82) is 0 Å². The van der Waals surface area contributed by atoms with Crippen molar-refractivity contribution in [3.8, 4) is 11.5 Å². The maximum atomic E-state index is 13.7. The van der Waals surface area contributed by atoms with Gasteiger partial charge in [-0.1, -0.05) is 55.5 Å². The third-order valence-corrected chi connectivity index (χ3v) is 7.72. The monoisotopic (exact) mass is 511 g/mol. The number of methoxy groups -OCH3 is 2. The van der Waals surface area contributed by atoms with Gasteiger partial charge in [0.1, 0.15) is 11.5 Å². The van der Waals surface area contributed by atoms with Crippen molar-refractivity contribution in [2.45, 2.75) is 32.2 Å². The predicted octanol–water partition coefficient (Wildman–Crippen LogP) is 5.61. The molecule has 1 amide bonds. The van der Waals surface area contributed by atoms with Gasteiger partial charge in [-0.3, -0.25) is 9.69 Å². The third kappa shape index (κ3) is 5.55. The zero-order chi connectivity index (χ0) is 26.5. The lowest BCUT2D eigenvalue weighted by molar-refractivity contribution is -0.133. The first-order valence-corrected chi connectivity index (χ1v) is 13.5. The van der Waals surface area contributed by atoms with E-state index >= 15 is 0 Å². The van der Waals surface area contributed by atoms with Crippen molar-refractivity contribution in [3.05, 3.63) is 95.2 Å². The summed E-state index contributed by atoms with van der Waals surface area (Å²) in [6.45, 7) is 6.34. The van der Waals surface area contributed by atoms with Crippen LogP contribution in [-0.2, 0) is 17.8 Å². The quantitative estimate of drug-likeness (QED) is 0.317. The minimum atomic E-state index is -0.130. The molecule has 0 aliphatic carbocycles. The average Bonchev–Trinajstić information content (AvgIpc) is 3.40. The van der Waals surface area contributed by atoms with E-state index in [1.54, 1.807) is 14.2 Å². The fourth-order valence-corrected chi connectivity index (χ4v) is 5.56. The van der Waals surface area contributed by atoms with Crippen molar-refractivity contribution in [2.24, 2.45) is 0 Å². The van der Waals surface area contributed by atoms with Crippen LogP contribution in [0.2, 0.25) is 0 Å². The van der Waals surface area contributed by atoms with E-state index in [0.717, 1.165) is 72.7 Å². The number of benzene rings is 3. The van der Waals surface area contributed by atoms with Gasteiger partial charge in [-0.05, 0) is 40.8 Å². The molecule has 1 atom stereocenters. The van der Waals surface area contributed by atoms with Crippen LogP contribution in [0.1, 0.15) is 41.5 Å². The second-order valence-corrected chi connectivity index (χ2v) is 9.98. The molecule has 0 radical (unpaired) electrons. The van der Waals surface area contributed by atoms with E-state index in [4.69, 9.17) is 9.47 Å². The molecule has 0 bridgehead atoms. The third-order valence-electron chi connectivity index (χ3n) is 7.72. The number of para-hydroxylation sites is 1. The number of H-pyrrole nitrogens is 1. The zero-order valence-corrected chi connectivity index (χ0v) is 22.6. The van der Waals surface area contributed by atoms with Gasteiger partial charge >= 0.3 is 0 Å². The maximum Gasteiger partial charge on any atom is 0.223 e. The number of aryl methyl sites for hydroxylation is 1. The Kier molecular flexibility index (Phi) is 7.99. The fourth-order valence-electron chi connectivity index (χ4n) is 5.56. The number of fused-ring (bicyclic) bond motifs is 1. The molecule has 1 unspecified atom stereocenters. The highest BCUT2D eigenvalue weighted by Gasteiger charge is 2.28. The molecule has 1 fully saturated rings. The number of hydrogen-bond acceptors (Lipinski definition) is 4. The van der Waals surface area contributed by atoms with Gasteiger partial charge in [0.15, 0.2) is 0 Å². The molecule has 0 spiro atoms. The summed E-state index contributed by atoms with van der Waals surface area (Å²) in [4.78, 5) is 21.7. The average molecular weight is 512 g/mol. The second-order valence-electron chi connectivity index (χ2n) is 9.98. The summed E-state index contributed by atoms with van der Waals surface area (Å²) in [7, 11) is 3.32. The van der Waals surface area contributed by atoms with Gasteiger partial charge < -0.3 is 19.4 Å². The van der Waals surface area contributed by atoms with Crippen molar-refractivity contribution < 1.29 is 14.3 Å². The Morgan fingerprint density at radius 2 is 1.63 bits per heavy atom. The van der Waals surface area contributed by atoms with E-state index in [0.29, 0.717) is 6.42 Å². The molecule has 198 valence electrons. The molecule has 3 aromatic carbocycles. The largest absolute Gasteiger partial charge is 0.497 e. The summed E-state index contributed by atoms with van der Waals surface area (Å²) < 4.78 is 11.2. The van der Waals surface area contributed by atoms with Gasteiger partial charge in [0, 0.05) is 68.2 Å². The molecule has 6 heteroatoms. The van der Waals surface area contributed by atoms with E-state index in [9.17, 15) is 4.79 Å². The summed E-state index contributed by atoms with van der Waals surface area (Å²) in [5, 5.41) is 1.16. The molecule has 6 nitrogen and oxygen atoms in total. The number of nitrogens with one attached hydrogen (secondary N) is 1. The Morgan fingerprint density at radius 3 is 2.29 bits per heavy atom. The molecule has 1 aliphatic rings. The van der Waals surface area contributed by atoms with Crippen LogP contribution < -0.4 is 9.47 Å². The van der Waals surface area contributed by atoms with Crippen LogP contribution in [0.3, 0.4) is 0 Å². The van der Waals surface area contributed by atoms with Crippen molar-refractivity contribution in [1.82, 2.24) is 14.8 Å². The van der Waals surface area contributed by atoms with Crippen molar-refractivity contribution in [3.63, 3.8) is 0 Å². The number of carbonyl (C=O) groups excluding carboxylic acids is 1. The number of nitrogens with zero attached hydrogens (tertiary/aromatic N) is 2. The van der Waals surface area contributed by atoms with E-state index in [1.165, 1.54) is 11.1 Å². The Morgan fingerprint density at radius 1 is 0.921 bits per heavy atom. The van der Waals surface area contributed by atoms with Crippen molar-refractivity contribution in [2.75, 3.05) is 40.4 Å². The van der Waals surface area contributed by atoms with Gasteiger partial charge in [-0.15, -0.1) is 0 Å². The van der Waals surface area contributed by atoms with Crippen LogP contribution in [0.25, 0.3) is 10.9 Å². The van der Waals surface area contributed by atoms with Gasteiger partial charge in [-0.2, -0.15) is 0 Å². The number of rotatable bonds is 9. The van der Waals surface area contributed by atoms with E-state index in [2.05, 4.69) is 65.5 Å². The van der Waals surface area contributed by atoms with Gasteiger partial charge in [0.05, 0.1) is 14.2 Å². The number of amides is 1. The summed E-state index contributed by atoms with van der Waals surface area (Å²) in [5.41, 5.74) is 5.87. The first-order valence-electron chi connectivity index (χ1n) is 13.5. The van der Waals surface area contributed by atoms with Gasteiger partial charge in [0.25, 0.3) is 0 Å². The predicted molar refractivity (Wildman–Crippen MR) is 152 cm³/mol. The molecule has 1 aliphatic heterocycles. The molecule has 1 saturated heterocycles. The van der Waals surface area contributed by atoms with Crippen LogP contribution in [0.4, 0.5) is 0 Å². The molecule has 2 heterocycles. The SMILES string of the molecule is CCc1cccc2c(C(CC(=O)N3CCN(Cc4ccccc4)CC3)c3cc(OC)cc(OC)c3)c[nH]c12. The first-order chi connectivity index (χ1) is 18.6. The number of aromatic nitrogens is 1. The number of hydrogen-bond donors (Lipinski definition) is 1. The van der Waals surface area contributed by atoms with Crippen LogP contribution >= 0.6 is 0 Å². The molecule has 1 aromatic heterocycles. The van der Waals surface area contributed by atoms with Gasteiger partial charge in [0.2, 0.25) is 5.91 Å². The highest BCUT2D eigenvalue weighted by atomic mass is 16.5. The highest BCUT2D eigenvalue weighted by Crippen LogP contribution is 2.38. The van der Waals surface area contributed by atoms with Crippen LogP contribution in [0.15, 0.2) is 72.9 Å². The summed E-state index contributed by atoms with van der Waals surface area (Å²) in [6.07, 6.45) is 3.41. The Bertz CT molecular complexity index is 1350. The maximum absolute atomic E-state index is 13.7. The standard InChI is InChI=1S/C32H37N3O3/c1-4-24-11-8-12-28-30(21-33-32(24)28)29(25-17-26(37-2)19-27(18-25)38-3)20-31(36)35-15-13-34(14-16-35)22-23-9-6-5-7-10-23/h5-12,17-19,21,29,33H,4,13-16,20,22H2,1-3H3. The summed E-state index contributed by atoms with van der Waals surface area (Å²) in [6, 6.07) is 22.9. The lowest BCUT2D eigenvalue weighted by Crippen LogP contribution is -2.48. The second kappa shape index (κ2) is 11.7. The van der Waals surface area contributed by atoms with Crippen molar-refractivity contribution >= 4 is 16.8 Å². The lowest BCUT2D eigenvalue weighted by Gasteiger charge is -2.35.